The lowest BCUT2D eigenvalue weighted by Gasteiger charge is -2.26. The quantitative estimate of drug-likeness (QED) is 0.761. The Bertz CT molecular complexity index is 341. The molecular formula is C15H25BrN2. The van der Waals surface area contributed by atoms with E-state index in [4.69, 9.17) is 5.73 Å². The van der Waals surface area contributed by atoms with E-state index in [-0.39, 0.29) is 0 Å². The van der Waals surface area contributed by atoms with Crippen LogP contribution in [0.25, 0.3) is 0 Å². The summed E-state index contributed by atoms with van der Waals surface area (Å²) in [4.78, 5) is 2.48. The number of nitrogens with two attached hydrogens (primary N) is 1. The fourth-order valence-electron chi connectivity index (χ4n) is 2.18. The van der Waals surface area contributed by atoms with Gasteiger partial charge >= 0.3 is 0 Å². The van der Waals surface area contributed by atoms with Crippen LogP contribution in [0.2, 0.25) is 0 Å². The molecule has 0 atom stereocenters. The molecule has 0 spiro atoms. The zero-order chi connectivity index (χ0) is 13.5. The van der Waals surface area contributed by atoms with Gasteiger partial charge in [-0.1, -0.05) is 55.6 Å². The van der Waals surface area contributed by atoms with Crippen molar-refractivity contribution in [2.75, 3.05) is 18.8 Å². The highest BCUT2D eigenvalue weighted by molar-refractivity contribution is 9.10. The van der Waals surface area contributed by atoms with Gasteiger partial charge in [0.15, 0.2) is 0 Å². The van der Waals surface area contributed by atoms with Crippen LogP contribution in [0.5, 0.6) is 0 Å². The fourth-order valence-corrected chi connectivity index (χ4v) is 2.69. The molecule has 0 aromatic heterocycles. The summed E-state index contributed by atoms with van der Waals surface area (Å²) >= 11 is 3.60. The Morgan fingerprint density at radius 3 is 2.39 bits per heavy atom. The van der Waals surface area contributed by atoms with E-state index >= 15 is 0 Å². The van der Waals surface area contributed by atoms with Crippen LogP contribution in [0.4, 0.5) is 5.69 Å². The van der Waals surface area contributed by atoms with Crippen LogP contribution in [0.15, 0.2) is 22.7 Å². The van der Waals surface area contributed by atoms with Gasteiger partial charge in [-0.15, -0.1) is 0 Å². The summed E-state index contributed by atoms with van der Waals surface area (Å²) in [7, 11) is 0. The molecule has 3 heteroatoms. The summed E-state index contributed by atoms with van der Waals surface area (Å²) in [6.07, 6.45) is 2.50. The first-order chi connectivity index (χ1) is 8.62. The molecule has 0 aliphatic rings. The first kappa shape index (κ1) is 15.5. The molecule has 2 nitrogen and oxygen atoms in total. The maximum Gasteiger partial charge on any atom is 0.0371 e. The number of hydrogen-bond acceptors (Lipinski definition) is 2. The molecular weight excluding hydrogens is 288 g/mol. The standard InChI is InChI=1S/C15H25BrN2/c1-4-12(5-2)10-18(6-3)11-13-14(16)8-7-9-15(13)17/h7-9,12H,4-6,10-11,17H2,1-3H3. The first-order valence-corrected chi connectivity index (χ1v) is 7.66. The molecule has 0 aliphatic carbocycles. The number of nitrogen functional groups attached to an aromatic ring is 1. The smallest absolute Gasteiger partial charge is 0.0371 e. The zero-order valence-corrected chi connectivity index (χ0v) is 13.3. The molecule has 102 valence electrons. The highest BCUT2D eigenvalue weighted by Gasteiger charge is 2.13. The number of rotatable bonds is 7. The minimum absolute atomic E-state index is 0.786. The lowest BCUT2D eigenvalue weighted by molar-refractivity contribution is 0.226. The Morgan fingerprint density at radius 2 is 1.89 bits per heavy atom. The van der Waals surface area contributed by atoms with E-state index in [1.165, 1.54) is 18.4 Å². The van der Waals surface area contributed by atoms with Gasteiger partial charge in [0, 0.05) is 28.8 Å². The molecule has 1 rings (SSSR count). The van der Waals surface area contributed by atoms with Crippen molar-refractivity contribution in [1.82, 2.24) is 4.90 Å². The van der Waals surface area contributed by atoms with Gasteiger partial charge in [0.2, 0.25) is 0 Å². The summed E-state index contributed by atoms with van der Waals surface area (Å²) in [5, 5.41) is 0. The van der Waals surface area contributed by atoms with Crippen LogP contribution < -0.4 is 5.73 Å². The number of halogens is 1. The highest BCUT2D eigenvalue weighted by atomic mass is 79.9. The molecule has 2 N–H and O–H groups in total. The molecule has 0 heterocycles. The summed E-state index contributed by atoms with van der Waals surface area (Å²) in [6, 6.07) is 6.03. The number of nitrogens with zero attached hydrogens (tertiary/aromatic N) is 1. The average molecular weight is 313 g/mol. The van der Waals surface area contributed by atoms with Crippen LogP contribution in [0.3, 0.4) is 0 Å². The minimum atomic E-state index is 0.786. The second-order valence-electron chi connectivity index (χ2n) is 4.82. The number of benzene rings is 1. The van der Waals surface area contributed by atoms with Crippen molar-refractivity contribution in [3.05, 3.63) is 28.2 Å². The summed E-state index contributed by atoms with van der Waals surface area (Å²) in [5.41, 5.74) is 8.16. The molecule has 0 amide bonds. The van der Waals surface area contributed by atoms with E-state index in [0.717, 1.165) is 35.7 Å². The van der Waals surface area contributed by atoms with Gasteiger partial charge in [0.1, 0.15) is 0 Å². The first-order valence-electron chi connectivity index (χ1n) is 6.87. The van der Waals surface area contributed by atoms with E-state index in [9.17, 15) is 0 Å². The average Bonchev–Trinajstić information content (AvgIpc) is 2.38. The van der Waals surface area contributed by atoms with Crippen molar-refractivity contribution >= 4 is 21.6 Å². The fraction of sp³-hybridized carbons (Fsp3) is 0.600. The highest BCUT2D eigenvalue weighted by Crippen LogP contribution is 2.24. The van der Waals surface area contributed by atoms with Gasteiger partial charge in [-0.05, 0) is 24.6 Å². The lowest BCUT2D eigenvalue weighted by atomic mass is 10.0. The molecule has 0 saturated heterocycles. The van der Waals surface area contributed by atoms with E-state index in [1.54, 1.807) is 0 Å². The van der Waals surface area contributed by atoms with Gasteiger partial charge in [-0.2, -0.15) is 0 Å². The van der Waals surface area contributed by atoms with E-state index in [1.807, 2.05) is 12.1 Å². The molecule has 0 unspecified atom stereocenters. The van der Waals surface area contributed by atoms with Crippen LogP contribution in [0.1, 0.15) is 39.2 Å². The van der Waals surface area contributed by atoms with Gasteiger partial charge < -0.3 is 5.73 Å². The molecule has 1 aromatic rings. The topological polar surface area (TPSA) is 29.3 Å². The molecule has 0 saturated carbocycles. The maximum absolute atomic E-state index is 6.06. The normalized spacial score (nSPS) is 11.4. The largest absolute Gasteiger partial charge is 0.398 e. The SMILES string of the molecule is CCC(CC)CN(CC)Cc1c(N)cccc1Br. The Labute approximate surface area is 120 Å². The van der Waals surface area contributed by atoms with E-state index < -0.39 is 0 Å². The van der Waals surface area contributed by atoms with Crippen LogP contribution in [0, 0.1) is 5.92 Å². The van der Waals surface area contributed by atoms with Crippen molar-refractivity contribution < 1.29 is 0 Å². The van der Waals surface area contributed by atoms with Gasteiger partial charge in [0.05, 0.1) is 0 Å². The van der Waals surface area contributed by atoms with Crippen molar-refractivity contribution in [3.8, 4) is 0 Å². The Balaban J connectivity index is 2.73. The number of anilines is 1. The molecule has 0 bridgehead atoms. The Kier molecular flexibility index (Phi) is 6.72. The van der Waals surface area contributed by atoms with Crippen LogP contribution in [-0.4, -0.2) is 18.0 Å². The molecule has 1 aromatic carbocycles. The predicted octanol–water partition coefficient (Wildman–Crippen LogP) is 4.29. The summed E-state index contributed by atoms with van der Waals surface area (Å²) < 4.78 is 1.12. The molecule has 18 heavy (non-hydrogen) atoms. The minimum Gasteiger partial charge on any atom is -0.398 e. The third-order valence-electron chi connectivity index (χ3n) is 3.66. The second-order valence-corrected chi connectivity index (χ2v) is 5.67. The van der Waals surface area contributed by atoms with Crippen molar-refractivity contribution in [2.24, 2.45) is 5.92 Å². The van der Waals surface area contributed by atoms with Crippen molar-refractivity contribution in [1.29, 1.82) is 0 Å². The lowest BCUT2D eigenvalue weighted by Crippen LogP contribution is -2.29. The Morgan fingerprint density at radius 1 is 1.22 bits per heavy atom. The third kappa shape index (κ3) is 4.29. The van der Waals surface area contributed by atoms with E-state index in [0.29, 0.717) is 0 Å². The molecule has 0 fully saturated rings. The second kappa shape index (κ2) is 7.80. The summed E-state index contributed by atoms with van der Waals surface area (Å²) in [5.74, 6) is 0.786. The Hall–Kier alpha value is -0.540. The van der Waals surface area contributed by atoms with Crippen molar-refractivity contribution in [2.45, 2.75) is 40.2 Å². The summed E-state index contributed by atoms with van der Waals surface area (Å²) in [6.45, 7) is 9.92. The predicted molar refractivity (Wildman–Crippen MR) is 83.6 cm³/mol. The third-order valence-corrected chi connectivity index (χ3v) is 4.40. The van der Waals surface area contributed by atoms with Gasteiger partial charge in [-0.3, -0.25) is 4.90 Å². The monoisotopic (exact) mass is 312 g/mol. The molecule has 0 radical (unpaired) electrons. The van der Waals surface area contributed by atoms with Gasteiger partial charge in [0.25, 0.3) is 0 Å². The van der Waals surface area contributed by atoms with Gasteiger partial charge in [-0.25, -0.2) is 0 Å². The van der Waals surface area contributed by atoms with Crippen LogP contribution in [-0.2, 0) is 6.54 Å². The van der Waals surface area contributed by atoms with E-state index in [2.05, 4.69) is 47.7 Å². The number of hydrogen-bond donors (Lipinski definition) is 1. The van der Waals surface area contributed by atoms with Crippen LogP contribution >= 0.6 is 15.9 Å². The zero-order valence-electron chi connectivity index (χ0n) is 11.7. The van der Waals surface area contributed by atoms with Crippen molar-refractivity contribution in [3.63, 3.8) is 0 Å². The maximum atomic E-state index is 6.06. The molecule has 0 aliphatic heterocycles.